The molecule has 2 heterocycles. The zero-order valence-electron chi connectivity index (χ0n) is 17.1. The van der Waals surface area contributed by atoms with Crippen LogP contribution in [-0.2, 0) is 0 Å². The summed E-state index contributed by atoms with van der Waals surface area (Å²) < 4.78 is 6.65. The lowest BCUT2D eigenvalue weighted by atomic mass is 10.0. The number of thiazole rings is 1. The average molecular weight is 438 g/mol. The number of nitrogens with one attached hydrogen (secondary N) is 1. The van der Waals surface area contributed by atoms with Crippen LogP contribution in [-0.4, -0.2) is 43.5 Å². The molecule has 1 N–H and O–H groups in total. The van der Waals surface area contributed by atoms with Crippen LogP contribution in [0, 0.1) is 0 Å². The predicted molar refractivity (Wildman–Crippen MR) is 125 cm³/mol. The van der Waals surface area contributed by atoms with Crippen molar-refractivity contribution >= 4 is 38.8 Å². The summed E-state index contributed by atoms with van der Waals surface area (Å²) in [5, 5.41) is 4.02. The van der Waals surface area contributed by atoms with Gasteiger partial charge in [-0.2, -0.15) is 0 Å². The van der Waals surface area contributed by atoms with Gasteiger partial charge < -0.3 is 15.0 Å². The van der Waals surface area contributed by atoms with Crippen LogP contribution in [0.5, 0.6) is 5.75 Å². The SMILES string of the molecule is COc1ccccc1C(CNC(=O)c1ccc(-c2nc3ccccc3s2)s1)N(C)C. The quantitative estimate of drug-likeness (QED) is 0.439. The molecular weight excluding hydrogens is 414 g/mol. The van der Waals surface area contributed by atoms with E-state index in [1.165, 1.54) is 11.3 Å². The molecule has 0 aliphatic heterocycles. The first-order valence-electron chi connectivity index (χ1n) is 9.60. The molecule has 0 aliphatic carbocycles. The van der Waals surface area contributed by atoms with Gasteiger partial charge in [0.25, 0.3) is 5.91 Å². The number of hydrogen-bond acceptors (Lipinski definition) is 6. The molecule has 0 saturated carbocycles. The molecule has 4 aromatic rings. The first-order valence-corrected chi connectivity index (χ1v) is 11.2. The Morgan fingerprint density at radius 3 is 2.60 bits per heavy atom. The second-order valence-electron chi connectivity index (χ2n) is 7.08. The molecule has 0 spiro atoms. The van der Waals surface area contributed by atoms with Crippen LogP contribution < -0.4 is 10.1 Å². The van der Waals surface area contributed by atoms with Gasteiger partial charge in [-0.15, -0.1) is 22.7 Å². The van der Waals surface area contributed by atoms with Crippen LogP contribution in [0.25, 0.3) is 20.1 Å². The summed E-state index contributed by atoms with van der Waals surface area (Å²) in [4.78, 5) is 21.3. The zero-order chi connectivity index (χ0) is 21.1. The van der Waals surface area contributed by atoms with Gasteiger partial charge in [0.2, 0.25) is 0 Å². The van der Waals surface area contributed by atoms with Gasteiger partial charge in [-0.3, -0.25) is 4.79 Å². The second-order valence-corrected chi connectivity index (χ2v) is 9.20. The third kappa shape index (κ3) is 4.23. The lowest BCUT2D eigenvalue weighted by Crippen LogP contribution is -2.34. The van der Waals surface area contributed by atoms with E-state index in [0.29, 0.717) is 11.4 Å². The highest BCUT2D eigenvalue weighted by molar-refractivity contribution is 7.26. The number of fused-ring (bicyclic) bond motifs is 1. The third-order valence-corrected chi connectivity index (χ3v) is 7.20. The Labute approximate surface area is 184 Å². The molecule has 1 atom stereocenters. The first kappa shape index (κ1) is 20.5. The van der Waals surface area contributed by atoms with Crippen LogP contribution in [0.1, 0.15) is 21.3 Å². The number of thiophene rings is 1. The summed E-state index contributed by atoms with van der Waals surface area (Å²) >= 11 is 3.12. The summed E-state index contributed by atoms with van der Waals surface area (Å²) in [5.41, 5.74) is 2.04. The summed E-state index contributed by atoms with van der Waals surface area (Å²) in [6.07, 6.45) is 0. The van der Waals surface area contributed by atoms with E-state index in [0.717, 1.165) is 31.4 Å². The lowest BCUT2D eigenvalue weighted by molar-refractivity contribution is 0.0945. The highest BCUT2D eigenvalue weighted by atomic mass is 32.1. The Morgan fingerprint density at radius 2 is 1.83 bits per heavy atom. The molecule has 7 heteroatoms. The van der Waals surface area contributed by atoms with Crippen LogP contribution in [0.4, 0.5) is 0 Å². The van der Waals surface area contributed by atoms with Crippen LogP contribution in [0.3, 0.4) is 0 Å². The number of carbonyl (C=O) groups excluding carboxylic acids is 1. The minimum Gasteiger partial charge on any atom is -0.496 e. The van der Waals surface area contributed by atoms with Crippen molar-refractivity contribution in [1.82, 2.24) is 15.2 Å². The predicted octanol–water partition coefficient (Wildman–Crippen LogP) is 5.07. The highest BCUT2D eigenvalue weighted by Crippen LogP contribution is 2.34. The van der Waals surface area contributed by atoms with E-state index < -0.39 is 0 Å². The largest absolute Gasteiger partial charge is 0.496 e. The van der Waals surface area contributed by atoms with Crippen molar-refractivity contribution in [1.29, 1.82) is 0 Å². The molecule has 30 heavy (non-hydrogen) atoms. The van der Waals surface area contributed by atoms with Crippen LogP contribution >= 0.6 is 22.7 Å². The number of rotatable bonds is 7. The van der Waals surface area contributed by atoms with Crippen LogP contribution in [0.15, 0.2) is 60.7 Å². The molecule has 1 amide bonds. The third-order valence-electron chi connectivity index (χ3n) is 4.91. The number of hydrogen-bond donors (Lipinski definition) is 1. The van der Waals surface area contributed by atoms with E-state index in [9.17, 15) is 4.79 Å². The fourth-order valence-electron chi connectivity index (χ4n) is 3.34. The molecule has 0 bridgehead atoms. The van der Waals surface area contributed by atoms with Gasteiger partial charge in [0.15, 0.2) is 0 Å². The molecule has 5 nitrogen and oxygen atoms in total. The summed E-state index contributed by atoms with van der Waals surface area (Å²) in [5.74, 6) is 0.744. The minimum atomic E-state index is -0.0749. The molecule has 0 fully saturated rings. The fourth-order valence-corrected chi connectivity index (χ4v) is 5.28. The number of nitrogens with zero attached hydrogens (tertiary/aromatic N) is 2. The molecule has 2 aromatic carbocycles. The Kier molecular flexibility index (Phi) is 6.13. The van der Waals surface area contributed by atoms with Crippen molar-refractivity contribution < 1.29 is 9.53 Å². The standard InChI is InChI=1S/C23H23N3O2S2/c1-26(2)17(15-8-4-6-10-18(15)28-3)14-24-22(27)20-12-13-21(29-20)23-25-16-9-5-7-11-19(16)30-23/h4-13,17H,14H2,1-3H3,(H,24,27). The lowest BCUT2D eigenvalue weighted by Gasteiger charge is -2.26. The summed E-state index contributed by atoms with van der Waals surface area (Å²) in [6, 6.07) is 19.8. The van der Waals surface area contributed by atoms with Gasteiger partial charge in [0.1, 0.15) is 10.8 Å². The van der Waals surface area contributed by atoms with E-state index in [1.54, 1.807) is 18.4 Å². The van der Waals surface area contributed by atoms with Gasteiger partial charge >= 0.3 is 0 Å². The summed E-state index contributed by atoms with van der Waals surface area (Å²) in [6.45, 7) is 0.487. The normalized spacial score (nSPS) is 12.3. The van der Waals surface area contributed by atoms with Gasteiger partial charge in [0, 0.05) is 12.1 Å². The van der Waals surface area contributed by atoms with Crippen molar-refractivity contribution in [3.63, 3.8) is 0 Å². The molecule has 4 rings (SSSR count). The number of aromatic nitrogens is 1. The number of methoxy groups -OCH3 is 1. The number of carbonyl (C=O) groups is 1. The zero-order valence-corrected chi connectivity index (χ0v) is 18.7. The maximum Gasteiger partial charge on any atom is 0.261 e. The van der Waals surface area contributed by atoms with Gasteiger partial charge in [-0.25, -0.2) is 4.98 Å². The average Bonchev–Trinajstić information content (AvgIpc) is 3.41. The number of amides is 1. The molecule has 154 valence electrons. The maximum atomic E-state index is 12.8. The number of ether oxygens (including phenoxy) is 1. The Bertz CT molecular complexity index is 1130. The Hall–Kier alpha value is -2.74. The maximum absolute atomic E-state index is 12.8. The van der Waals surface area contributed by atoms with E-state index in [1.807, 2.05) is 68.7 Å². The van der Waals surface area contributed by atoms with Crippen molar-refractivity contribution in [3.8, 4) is 15.6 Å². The molecule has 0 saturated heterocycles. The summed E-state index contributed by atoms with van der Waals surface area (Å²) in [7, 11) is 5.67. The number of benzene rings is 2. The van der Waals surface area contributed by atoms with Gasteiger partial charge in [0.05, 0.1) is 33.1 Å². The fraction of sp³-hybridized carbons (Fsp3) is 0.217. The topological polar surface area (TPSA) is 54.5 Å². The van der Waals surface area contributed by atoms with Crippen molar-refractivity contribution in [3.05, 3.63) is 71.1 Å². The smallest absolute Gasteiger partial charge is 0.261 e. The van der Waals surface area contributed by atoms with Crippen molar-refractivity contribution in [2.45, 2.75) is 6.04 Å². The Morgan fingerprint density at radius 1 is 1.07 bits per heavy atom. The van der Waals surface area contributed by atoms with Crippen LogP contribution in [0.2, 0.25) is 0 Å². The van der Waals surface area contributed by atoms with E-state index in [2.05, 4.69) is 21.3 Å². The van der Waals surface area contributed by atoms with E-state index in [4.69, 9.17) is 4.74 Å². The van der Waals surface area contributed by atoms with Crippen molar-refractivity contribution in [2.24, 2.45) is 0 Å². The minimum absolute atomic E-state index is 0.00814. The molecule has 0 aliphatic rings. The van der Waals surface area contributed by atoms with Gasteiger partial charge in [-0.1, -0.05) is 30.3 Å². The molecular formula is C23H23N3O2S2. The molecule has 0 radical (unpaired) electrons. The van der Waals surface area contributed by atoms with E-state index >= 15 is 0 Å². The van der Waals surface area contributed by atoms with Gasteiger partial charge in [-0.05, 0) is 44.4 Å². The number of para-hydroxylation sites is 2. The monoisotopic (exact) mass is 437 g/mol. The Balaban J connectivity index is 1.48. The first-order chi connectivity index (χ1) is 14.6. The number of likely N-dealkylation sites (N-methyl/N-ethyl adjacent to an activating group) is 1. The molecule has 2 aromatic heterocycles. The van der Waals surface area contributed by atoms with Crippen molar-refractivity contribution in [2.75, 3.05) is 27.7 Å². The molecule has 1 unspecified atom stereocenters. The second kappa shape index (κ2) is 8.95. The highest BCUT2D eigenvalue weighted by Gasteiger charge is 2.20. The van der Waals surface area contributed by atoms with E-state index in [-0.39, 0.29) is 11.9 Å².